The number of benzene rings is 2. The molecule has 2 fully saturated rings. The molecule has 1 aliphatic carbocycles. The van der Waals surface area contributed by atoms with Crippen molar-refractivity contribution in [3.05, 3.63) is 70.8 Å². The minimum atomic E-state index is -0.453. The normalized spacial score (nSPS) is 16.7. The number of ether oxygens (including phenoxy) is 1. The Bertz CT molecular complexity index is 1130. The summed E-state index contributed by atoms with van der Waals surface area (Å²) >= 11 is 0. The summed E-state index contributed by atoms with van der Waals surface area (Å²) in [5.74, 6) is 1.12. The maximum Gasteiger partial charge on any atom is 0.407 e. The van der Waals surface area contributed by atoms with Gasteiger partial charge in [-0.05, 0) is 108 Å². The molecule has 0 atom stereocenters. The highest BCUT2D eigenvalue weighted by Crippen LogP contribution is 2.34. The SMILES string of the molecule is CC(C)(C)OC(=O)NCCCN1CCC(c2ccccc2C#N)CC1.N#Cc1ccccc1C1CCCCC1. The number of piperidine rings is 1. The molecule has 2 aromatic carbocycles. The maximum atomic E-state index is 11.6. The van der Waals surface area contributed by atoms with E-state index in [2.05, 4.69) is 34.5 Å². The quantitative estimate of drug-likeness (QED) is 0.399. The van der Waals surface area contributed by atoms with Crippen molar-refractivity contribution in [2.24, 2.45) is 0 Å². The molecule has 1 aliphatic heterocycles. The first kappa shape index (κ1) is 30.2. The van der Waals surface area contributed by atoms with E-state index in [0.717, 1.165) is 50.0 Å². The van der Waals surface area contributed by atoms with Gasteiger partial charge in [-0.2, -0.15) is 10.5 Å². The Balaban J connectivity index is 0.000000252. The molecule has 208 valence electrons. The van der Waals surface area contributed by atoms with Gasteiger partial charge in [-0.3, -0.25) is 0 Å². The van der Waals surface area contributed by atoms with E-state index in [-0.39, 0.29) is 6.09 Å². The fraction of sp³-hybridized carbons (Fsp3) is 0.545. The zero-order valence-corrected chi connectivity index (χ0v) is 23.9. The van der Waals surface area contributed by atoms with E-state index >= 15 is 0 Å². The molecule has 39 heavy (non-hydrogen) atoms. The maximum absolute atomic E-state index is 11.6. The van der Waals surface area contributed by atoms with Gasteiger partial charge in [0.2, 0.25) is 0 Å². The number of nitrogens with one attached hydrogen (secondary N) is 1. The van der Waals surface area contributed by atoms with Gasteiger partial charge in [-0.15, -0.1) is 0 Å². The van der Waals surface area contributed by atoms with Gasteiger partial charge < -0.3 is 15.0 Å². The lowest BCUT2D eigenvalue weighted by Gasteiger charge is -2.32. The van der Waals surface area contributed by atoms with Crippen LogP contribution in [0.2, 0.25) is 0 Å². The first-order valence-electron chi connectivity index (χ1n) is 14.5. The van der Waals surface area contributed by atoms with Crippen LogP contribution in [0.3, 0.4) is 0 Å². The average Bonchev–Trinajstić information content (AvgIpc) is 2.95. The summed E-state index contributed by atoms with van der Waals surface area (Å²) in [6, 6.07) is 20.6. The second kappa shape index (κ2) is 15.3. The lowest BCUT2D eigenvalue weighted by atomic mass is 9.82. The molecule has 1 saturated carbocycles. The van der Waals surface area contributed by atoms with Crippen molar-refractivity contribution in [1.29, 1.82) is 10.5 Å². The molecule has 0 spiro atoms. The van der Waals surface area contributed by atoms with Crippen molar-refractivity contribution in [3.8, 4) is 12.1 Å². The second-order valence-corrected chi connectivity index (χ2v) is 11.6. The molecule has 2 aromatic rings. The van der Waals surface area contributed by atoms with Crippen LogP contribution in [0.15, 0.2) is 48.5 Å². The van der Waals surface area contributed by atoms with Crippen LogP contribution < -0.4 is 5.32 Å². The van der Waals surface area contributed by atoms with E-state index in [1.165, 1.54) is 43.2 Å². The Hall–Kier alpha value is -3.35. The lowest BCUT2D eigenvalue weighted by Crippen LogP contribution is -2.37. The van der Waals surface area contributed by atoms with Crippen LogP contribution >= 0.6 is 0 Å². The molecule has 0 radical (unpaired) electrons. The molecule has 6 nitrogen and oxygen atoms in total. The van der Waals surface area contributed by atoms with E-state index in [1.54, 1.807) is 0 Å². The van der Waals surface area contributed by atoms with E-state index < -0.39 is 5.60 Å². The molecule has 1 heterocycles. The van der Waals surface area contributed by atoms with Crippen molar-refractivity contribution in [2.45, 2.75) is 89.6 Å². The fourth-order valence-corrected chi connectivity index (χ4v) is 5.60. The summed E-state index contributed by atoms with van der Waals surface area (Å²) in [7, 11) is 0. The number of rotatable bonds is 6. The van der Waals surface area contributed by atoms with Gasteiger partial charge in [0.15, 0.2) is 0 Å². The predicted molar refractivity (Wildman–Crippen MR) is 155 cm³/mol. The number of likely N-dealkylation sites (tertiary alicyclic amines) is 1. The number of carbonyl (C=O) groups is 1. The monoisotopic (exact) mass is 528 g/mol. The fourth-order valence-electron chi connectivity index (χ4n) is 5.60. The molecule has 0 aromatic heterocycles. The molecule has 1 amide bonds. The number of amides is 1. The Kier molecular flexibility index (Phi) is 11.8. The highest BCUT2D eigenvalue weighted by molar-refractivity contribution is 5.67. The number of hydrogen-bond donors (Lipinski definition) is 1. The van der Waals surface area contributed by atoms with Gasteiger partial charge in [0.25, 0.3) is 0 Å². The molecule has 1 saturated heterocycles. The number of nitriles is 2. The van der Waals surface area contributed by atoms with Crippen LogP contribution in [0.1, 0.15) is 106 Å². The van der Waals surface area contributed by atoms with Crippen LogP contribution in [0, 0.1) is 22.7 Å². The molecule has 4 rings (SSSR count). The molecule has 0 bridgehead atoms. The van der Waals surface area contributed by atoms with Crippen LogP contribution in [0.4, 0.5) is 4.79 Å². The smallest absolute Gasteiger partial charge is 0.407 e. The van der Waals surface area contributed by atoms with Gasteiger partial charge in [-0.25, -0.2) is 4.79 Å². The van der Waals surface area contributed by atoms with Crippen molar-refractivity contribution in [2.75, 3.05) is 26.2 Å². The number of nitrogens with zero attached hydrogens (tertiary/aromatic N) is 3. The second-order valence-electron chi connectivity index (χ2n) is 11.6. The van der Waals surface area contributed by atoms with Gasteiger partial charge in [0.05, 0.1) is 23.3 Å². The highest BCUT2D eigenvalue weighted by Gasteiger charge is 2.22. The molecule has 1 N–H and O–H groups in total. The van der Waals surface area contributed by atoms with Crippen LogP contribution in [-0.2, 0) is 4.74 Å². The van der Waals surface area contributed by atoms with Gasteiger partial charge in [0.1, 0.15) is 5.60 Å². The summed E-state index contributed by atoms with van der Waals surface area (Å²) in [5, 5.41) is 21.1. The zero-order valence-electron chi connectivity index (χ0n) is 23.9. The van der Waals surface area contributed by atoms with Crippen LogP contribution in [0.5, 0.6) is 0 Å². The largest absolute Gasteiger partial charge is 0.444 e. The summed E-state index contributed by atoms with van der Waals surface area (Å²) in [6.45, 7) is 9.27. The third-order valence-electron chi connectivity index (χ3n) is 7.55. The van der Waals surface area contributed by atoms with E-state index in [9.17, 15) is 10.1 Å². The highest BCUT2D eigenvalue weighted by atomic mass is 16.6. The summed E-state index contributed by atoms with van der Waals surface area (Å²) in [4.78, 5) is 14.0. The summed E-state index contributed by atoms with van der Waals surface area (Å²) in [6.07, 6.45) is 9.27. The van der Waals surface area contributed by atoms with E-state index in [0.29, 0.717) is 18.4 Å². The van der Waals surface area contributed by atoms with Gasteiger partial charge in [-0.1, -0.05) is 55.7 Å². The van der Waals surface area contributed by atoms with Gasteiger partial charge in [0, 0.05) is 6.54 Å². The van der Waals surface area contributed by atoms with Gasteiger partial charge >= 0.3 is 6.09 Å². The Morgan fingerprint density at radius 2 is 1.38 bits per heavy atom. The van der Waals surface area contributed by atoms with Crippen molar-refractivity contribution < 1.29 is 9.53 Å². The average molecular weight is 529 g/mol. The zero-order chi connectivity index (χ0) is 28.1. The van der Waals surface area contributed by atoms with Crippen LogP contribution in [0.25, 0.3) is 0 Å². The Labute approximate surface area is 235 Å². The summed E-state index contributed by atoms with van der Waals surface area (Å²) in [5.41, 5.74) is 3.69. The summed E-state index contributed by atoms with van der Waals surface area (Å²) < 4.78 is 5.22. The third kappa shape index (κ3) is 10.0. The van der Waals surface area contributed by atoms with Crippen LogP contribution in [-0.4, -0.2) is 42.8 Å². The minimum Gasteiger partial charge on any atom is -0.444 e. The molecular formula is C33H44N4O2. The first-order chi connectivity index (χ1) is 18.8. The molecule has 0 unspecified atom stereocenters. The Morgan fingerprint density at radius 1 is 0.872 bits per heavy atom. The van der Waals surface area contributed by atoms with E-state index in [4.69, 9.17) is 10.00 Å². The van der Waals surface area contributed by atoms with Crippen molar-refractivity contribution in [3.63, 3.8) is 0 Å². The predicted octanol–water partition coefficient (Wildman–Crippen LogP) is 7.26. The first-order valence-corrected chi connectivity index (χ1v) is 14.5. The molecular weight excluding hydrogens is 484 g/mol. The van der Waals surface area contributed by atoms with Crippen molar-refractivity contribution in [1.82, 2.24) is 10.2 Å². The number of carbonyl (C=O) groups excluding carboxylic acids is 1. The standard InChI is InChI=1S/C20H29N3O2.C13H15N/c1-20(2,3)25-19(24)22-11-6-12-23-13-9-16(10-14-23)18-8-5-4-7-17(18)15-21;14-10-12-8-4-5-9-13(12)11-6-2-1-3-7-11/h4-5,7-8,16H,6,9-14H2,1-3H3,(H,22,24);4-5,8-9,11H,1-3,6-7H2. The molecule has 2 aliphatic rings. The van der Waals surface area contributed by atoms with Crippen molar-refractivity contribution >= 4 is 6.09 Å². The third-order valence-corrected chi connectivity index (χ3v) is 7.55. The topological polar surface area (TPSA) is 89.2 Å². The number of hydrogen-bond acceptors (Lipinski definition) is 5. The minimum absolute atomic E-state index is 0.348. The molecule has 6 heteroatoms. The number of alkyl carbamates (subject to hydrolysis) is 1. The Morgan fingerprint density at radius 3 is 1.90 bits per heavy atom. The lowest BCUT2D eigenvalue weighted by molar-refractivity contribution is 0.0525. The van der Waals surface area contributed by atoms with E-state index in [1.807, 2.05) is 57.2 Å².